The minimum absolute atomic E-state index is 0.0255. The molecule has 1 unspecified atom stereocenters. The van der Waals surface area contributed by atoms with Crippen LogP contribution < -0.4 is 0 Å². The molecule has 1 saturated heterocycles. The highest BCUT2D eigenvalue weighted by atomic mass is 16.6. The Morgan fingerprint density at radius 3 is 2.26 bits per heavy atom. The third kappa shape index (κ3) is 3.99. The van der Waals surface area contributed by atoms with E-state index in [9.17, 15) is 4.79 Å². The van der Waals surface area contributed by atoms with Crippen molar-refractivity contribution in [2.75, 3.05) is 0 Å². The van der Waals surface area contributed by atoms with Gasteiger partial charge in [0.1, 0.15) is 5.60 Å². The van der Waals surface area contributed by atoms with Gasteiger partial charge in [0.2, 0.25) is 0 Å². The van der Waals surface area contributed by atoms with E-state index >= 15 is 0 Å². The molecule has 1 spiro atoms. The van der Waals surface area contributed by atoms with Gasteiger partial charge in [-0.3, -0.25) is 4.79 Å². The van der Waals surface area contributed by atoms with Gasteiger partial charge in [-0.1, -0.05) is 72.8 Å². The second-order valence-corrected chi connectivity index (χ2v) is 14.5. The van der Waals surface area contributed by atoms with Crippen molar-refractivity contribution in [1.82, 2.24) is 0 Å². The van der Waals surface area contributed by atoms with Crippen LogP contribution in [0.2, 0.25) is 0 Å². The van der Waals surface area contributed by atoms with Gasteiger partial charge in [-0.25, -0.2) is 0 Å². The van der Waals surface area contributed by atoms with Crippen LogP contribution in [0, 0.1) is 51.8 Å². The van der Waals surface area contributed by atoms with E-state index in [2.05, 4.69) is 68.5 Å². The molecule has 3 aliphatic carbocycles. The van der Waals surface area contributed by atoms with Gasteiger partial charge in [0, 0.05) is 18.3 Å². The minimum Gasteiger partial charge on any atom is -0.458 e. The zero-order valence-electron chi connectivity index (χ0n) is 24.3. The SMILES string of the molecule is C=C(C)[C@@H]1CC[C@@H]2[C@H](CC[C@]3(C)[C@@H]([C@H](C)CC(C)C(=C)C(C)(C)CC)CC[C@@]23C)[C@@]12CCC(=O)O2. The van der Waals surface area contributed by atoms with Gasteiger partial charge in [-0.05, 0) is 105 Å². The highest BCUT2D eigenvalue weighted by Gasteiger charge is 2.68. The Kier molecular flexibility index (Phi) is 6.98. The molecule has 2 heteroatoms. The molecule has 4 fully saturated rings. The number of carbonyl (C=O) groups is 1. The third-order valence-corrected chi connectivity index (χ3v) is 12.7. The summed E-state index contributed by atoms with van der Waals surface area (Å²) in [7, 11) is 0. The Morgan fingerprint density at radius 1 is 1.03 bits per heavy atom. The van der Waals surface area contributed by atoms with Gasteiger partial charge in [-0.15, -0.1) is 0 Å². The van der Waals surface area contributed by atoms with Gasteiger partial charge in [0.25, 0.3) is 0 Å². The lowest BCUT2D eigenvalue weighted by Gasteiger charge is -2.63. The van der Waals surface area contributed by atoms with Crippen LogP contribution in [0.5, 0.6) is 0 Å². The topological polar surface area (TPSA) is 26.3 Å². The first kappa shape index (κ1) is 27.0. The molecule has 0 radical (unpaired) electrons. The largest absolute Gasteiger partial charge is 0.458 e. The molecule has 4 rings (SSSR count). The summed E-state index contributed by atoms with van der Waals surface area (Å²) in [6, 6.07) is 0. The number of fused-ring (bicyclic) bond motifs is 4. The normalized spacial score (nSPS) is 42.8. The van der Waals surface area contributed by atoms with Crippen molar-refractivity contribution in [2.24, 2.45) is 51.8 Å². The molecule has 1 aliphatic heterocycles. The molecule has 0 N–H and O–H groups in total. The van der Waals surface area contributed by atoms with Crippen molar-refractivity contribution in [1.29, 1.82) is 0 Å². The van der Waals surface area contributed by atoms with Crippen LogP contribution in [0.15, 0.2) is 24.3 Å². The van der Waals surface area contributed by atoms with E-state index in [1.807, 2.05) is 0 Å². The van der Waals surface area contributed by atoms with Crippen LogP contribution in [-0.4, -0.2) is 11.6 Å². The smallest absolute Gasteiger partial charge is 0.306 e. The average molecular weight is 483 g/mol. The minimum atomic E-state index is -0.280. The standard InChI is InChI=1S/C33H54O2/c1-11-30(7,8)24(6)22(4)20-23(5)26-14-17-32(10)27-13-12-25(21(2)3)33(19-16-29(34)35-33)28(27)15-18-31(26,32)9/h22-23,25-28H,2,6,11-20H2,1,3-5,7-10H3/t22?,23-,25+,26-,27-,28+,31-,32+,33-/m1/s1. The molecule has 198 valence electrons. The highest BCUT2D eigenvalue weighted by Crippen LogP contribution is 2.72. The summed E-state index contributed by atoms with van der Waals surface area (Å²) in [4.78, 5) is 12.5. The fourth-order valence-electron chi connectivity index (χ4n) is 10.1. The monoisotopic (exact) mass is 482 g/mol. The Balaban J connectivity index is 1.57. The Morgan fingerprint density at radius 2 is 1.69 bits per heavy atom. The molecule has 0 amide bonds. The predicted molar refractivity (Wildman–Crippen MR) is 147 cm³/mol. The number of rotatable bonds is 7. The zero-order valence-corrected chi connectivity index (χ0v) is 24.3. The van der Waals surface area contributed by atoms with Gasteiger partial charge in [-0.2, -0.15) is 0 Å². The molecular weight excluding hydrogens is 428 g/mol. The van der Waals surface area contributed by atoms with E-state index in [1.165, 1.54) is 49.7 Å². The molecule has 9 atom stereocenters. The van der Waals surface area contributed by atoms with Crippen molar-refractivity contribution in [3.8, 4) is 0 Å². The number of hydrogen-bond donors (Lipinski definition) is 0. The van der Waals surface area contributed by atoms with Crippen LogP contribution in [-0.2, 0) is 9.53 Å². The summed E-state index contributed by atoms with van der Waals surface area (Å²) in [5.74, 6) is 3.58. The van der Waals surface area contributed by atoms with Crippen molar-refractivity contribution in [2.45, 2.75) is 125 Å². The number of esters is 1. The van der Waals surface area contributed by atoms with Crippen LogP contribution in [0.25, 0.3) is 0 Å². The van der Waals surface area contributed by atoms with Crippen LogP contribution in [0.3, 0.4) is 0 Å². The maximum atomic E-state index is 12.5. The molecule has 2 nitrogen and oxygen atoms in total. The predicted octanol–water partition coefficient (Wildman–Crippen LogP) is 9.15. The van der Waals surface area contributed by atoms with Gasteiger partial charge >= 0.3 is 5.97 Å². The highest BCUT2D eigenvalue weighted by molar-refractivity contribution is 5.72. The Labute approximate surface area is 216 Å². The van der Waals surface area contributed by atoms with E-state index in [4.69, 9.17) is 4.74 Å². The number of carbonyl (C=O) groups excluding carboxylic acids is 1. The molecule has 0 aromatic rings. The lowest BCUT2D eigenvalue weighted by atomic mass is 9.43. The van der Waals surface area contributed by atoms with Gasteiger partial charge < -0.3 is 4.74 Å². The number of ether oxygens (including phenoxy) is 1. The van der Waals surface area contributed by atoms with E-state index < -0.39 is 0 Å². The molecule has 35 heavy (non-hydrogen) atoms. The van der Waals surface area contributed by atoms with Crippen molar-refractivity contribution < 1.29 is 9.53 Å². The van der Waals surface area contributed by atoms with Crippen LogP contribution >= 0.6 is 0 Å². The first-order chi connectivity index (χ1) is 16.2. The van der Waals surface area contributed by atoms with E-state index in [1.54, 1.807) is 0 Å². The third-order valence-electron chi connectivity index (χ3n) is 12.7. The molecule has 0 bridgehead atoms. The van der Waals surface area contributed by atoms with Gasteiger partial charge in [0.15, 0.2) is 0 Å². The van der Waals surface area contributed by atoms with Crippen molar-refractivity contribution in [3.63, 3.8) is 0 Å². The molecule has 3 saturated carbocycles. The summed E-state index contributed by atoms with van der Waals surface area (Å²) < 4.78 is 6.35. The van der Waals surface area contributed by atoms with E-state index in [0.29, 0.717) is 46.8 Å². The number of hydrogen-bond acceptors (Lipinski definition) is 2. The quantitative estimate of drug-likeness (QED) is 0.267. The first-order valence-electron chi connectivity index (χ1n) is 14.8. The summed E-state index contributed by atoms with van der Waals surface area (Å²) in [6.45, 7) is 28.3. The fraction of sp³-hybridized carbons (Fsp3) is 0.848. The van der Waals surface area contributed by atoms with E-state index in [0.717, 1.165) is 25.2 Å². The Hall–Kier alpha value is -1.05. The van der Waals surface area contributed by atoms with E-state index in [-0.39, 0.29) is 17.0 Å². The second kappa shape index (κ2) is 9.05. The molecular formula is C33H54O2. The van der Waals surface area contributed by atoms with Crippen molar-refractivity contribution >= 4 is 5.97 Å². The van der Waals surface area contributed by atoms with Crippen molar-refractivity contribution in [3.05, 3.63) is 24.3 Å². The molecule has 0 aromatic carbocycles. The summed E-state index contributed by atoms with van der Waals surface area (Å²) in [5.41, 5.74) is 3.30. The Bertz CT molecular complexity index is 868. The lowest BCUT2D eigenvalue weighted by molar-refractivity contribution is -0.196. The van der Waals surface area contributed by atoms with Crippen LogP contribution in [0.4, 0.5) is 0 Å². The summed E-state index contributed by atoms with van der Waals surface area (Å²) in [5, 5.41) is 0. The fourth-order valence-corrected chi connectivity index (χ4v) is 10.1. The van der Waals surface area contributed by atoms with Gasteiger partial charge in [0.05, 0.1) is 0 Å². The second-order valence-electron chi connectivity index (χ2n) is 14.5. The lowest BCUT2D eigenvalue weighted by Crippen LogP contribution is -2.60. The summed E-state index contributed by atoms with van der Waals surface area (Å²) in [6.07, 6.45) is 11.5. The summed E-state index contributed by atoms with van der Waals surface area (Å²) >= 11 is 0. The average Bonchev–Trinajstić information content (AvgIpc) is 3.30. The number of allylic oxidation sites excluding steroid dienone is 1. The molecule has 0 aromatic heterocycles. The molecule has 4 aliphatic rings. The first-order valence-corrected chi connectivity index (χ1v) is 14.8. The zero-order chi connectivity index (χ0) is 26.0. The van der Waals surface area contributed by atoms with Crippen LogP contribution in [0.1, 0.15) is 120 Å². The maximum Gasteiger partial charge on any atom is 0.306 e. The molecule has 1 heterocycles. The maximum absolute atomic E-state index is 12.5.